The van der Waals surface area contributed by atoms with Crippen molar-refractivity contribution in [2.75, 3.05) is 13.1 Å². The number of urea groups is 1. The van der Waals surface area contributed by atoms with E-state index < -0.39 is 0 Å². The summed E-state index contributed by atoms with van der Waals surface area (Å²) in [5.41, 5.74) is 1.16. The Bertz CT molecular complexity index is 548. The molecule has 1 aliphatic rings. The first kappa shape index (κ1) is 16.8. The van der Waals surface area contributed by atoms with Crippen LogP contribution in [0.5, 0.6) is 0 Å². The van der Waals surface area contributed by atoms with Gasteiger partial charge in [-0.25, -0.2) is 4.79 Å². The third-order valence-corrected chi connectivity index (χ3v) is 4.53. The molecule has 1 aromatic carbocycles. The van der Waals surface area contributed by atoms with E-state index in [2.05, 4.69) is 26.6 Å². The molecule has 22 heavy (non-hydrogen) atoms. The molecule has 2 N–H and O–H groups in total. The number of carbonyl (C=O) groups excluding carboxylic acids is 2. The van der Waals surface area contributed by atoms with Crippen LogP contribution in [-0.4, -0.2) is 42.0 Å². The van der Waals surface area contributed by atoms with Gasteiger partial charge in [-0.2, -0.15) is 0 Å². The van der Waals surface area contributed by atoms with E-state index in [0.717, 1.165) is 16.5 Å². The number of nitrogens with zero attached hydrogens (tertiary/aromatic N) is 1. The molecule has 0 bridgehead atoms. The summed E-state index contributed by atoms with van der Waals surface area (Å²) >= 11 is 3.49. The van der Waals surface area contributed by atoms with Crippen LogP contribution >= 0.6 is 15.9 Å². The summed E-state index contributed by atoms with van der Waals surface area (Å²) in [6, 6.07) is 7.82. The molecule has 1 aliphatic heterocycles. The summed E-state index contributed by atoms with van der Waals surface area (Å²) in [5, 5.41) is 5.71. The van der Waals surface area contributed by atoms with Gasteiger partial charge in [0.1, 0.15) is 0 Å². The fourth-order valence-electron chi connectivity index (χ4n) is 2.58. The molecule has 0 spiro atoms. The fraction of sp³-hybridized carbons (Fsp3) is 0.500. The third-order valence-electron chi connectivity index (χ3n) is 3.75. The Balaban J connectivity index is 1.73. The highest BCUT2D eigenvalue weighted by atomic mass is 79.9. The number of benzene rings is 1. The lowest BCUT2D eigenvalue weighted by atomic mass is 10.1. The number of amides is 3. The number of carbonyl (C=O) groups is 2. The Hall–Kier alpha value is -1.56. The quantitative estimate of drug-likeness (QED) is 0.838. The number of likely N-dealkylation sites (tertiary alicyclic amines) is 1. The van der Waals surface area contributed by atoms with Gasteiger partial charge >= 0.3 is 6.03 Å². The Kier molecular flexibility index (Phi) is 5.83. The maximum absolute atomic E-state index is 11.9. The molecule has 5 nitrogen and oxygen atoms in total. The van der Waals surface area contributed by atoms with Gasteiger partial charge in [0.2, 0.25) is 5.91 Å². The summed E-state index contributed by atoms with van der Waals surface area (Å²) in [6.45, 7) is 5.12. The van der Waals surface area contributed by atoms with Crippen LogP contribution in [0.3, 0.4) is 0 Å². The van der Waals surface area contributed by atoms with Gasteiger partial charge in [0, 0.05) is 30.0 Å². The molecule has 3 amide bonds. The largest absolute Gasteiger partial charge is 0.338 e. The van der Waals surface area contributed by atoms with Gasteiger partial charge in [0.05, 0.1) is 6.04 Å². The molecule has 6 heteroatoms. The van der Waals surface area contributed by atoms with Gasteiger partial charge in [-0.15, -0.1) is 0 Å². The minimum Gasteiger partial charge on any atom is -0.338 e. The van der Waals surface area contributed by atoms with Gasteiger partial charge in [-0.1, -0.05) is 34.1 Å². The average Bonchev–Trinajstić information content (AvgIpc) is 2.82. The van der Waals surface area contributed by atoms with E-state index in [4.69, 9.17) is 0 Å². The summed E-state index contributed by atoms with van der Waals surface area (Å²) in [7, 11) is 0. The van der Waals surface area contributed by atoms with Crippen LogP contribution in [0.2, 0.25) is 0 Å². The van der Waals surface area contributed by atoms with Crippen molar-refractivity contribution in [3.05, 3.63) is 34.3 Å². The van der Waals surface area contributed by atoms with E-state index in [0.29, 0.717) is 19.5 Å². The number of halogens is 1. The first-order valence-electron chi connectivity index (χ1n) is 7.54. The molecule has 0 aromatic heterocycles. The Morgan fingerprint density at radius 1 is 1.41 bits per heavy atom. The van der Waals surface area contributed by atoms with Gasteiger partial charge < -0.3 is 15.5 Å². The zero-order chi connectivity index (χ0) is 16.1. The second-order valence-electron chi connectivity index (χ2n) is 5.78. The lowest BCUT2D eigenvalue weighted by Gasteiger charge is -2.21. The zero-order valence-corrected chi connectivity index (χ0v) is 14.5. The summed E-state index contributed by atoms with van der Waals surface area (Å²) in [4.78, 5) is 25.5. The maximum atomic E-state index is 11.9. The summed E-state index contributed by atoms with van der Waals surface area (Å²) in [6.07, 6.45) is 1.15. The minimum absolute atomic E-state index is 0.0987. The molecular weight excluding hydrogens is 346 g/mol. The summed E-state index contributed by atoms with van der Waals surface area (Å²) in [5.74, 6) is 0.105. The van der Waals surface area contributed by atoms with Crippen LogP contribution in [0, 0.1) is 0 Å². The maximum Gasteiger partial charge on any atom is 0.315 e. The monoisotopic (exact) mass is 367 g/mol. The van der Waals surface area contributed by atoms with Crippen molar-refractivity contribution < 1.29 is 9.59 Å². The van der Waals surface area contributed by atoms with Crippen molar-refractivity contribution in [1.82, 2.24) is 15.5 Å². The van der Waals surface area contributed by atoms with Gasteiger partial charge in [0.15, 0.2) is 0 Å². The predicted octanol–water partition coefficient (Wildman–Crippen LogP) is 2.30. The van der Waals surface area contributed by atoms with Gasteiger partial charge in [-0.05, 0) is 31.9 Å². The number of hydrogen-bond donors (Lipinski definition) is 2. The van der Waals surface area contributed by atoms with Crippen molar-refractivity contribution >= 4 is 27.9 Å². The van der Waals surface area contributed by atoms with E-state index in [1.54, 1.807) is 4.90 Å². The second kappa shape index (κ2) is 7.63. The Morgan fingerprint density at radius 3 is 2.77 bits per heavy atom. The van der Waals surface area contributed by atoms with Crippen LogP contribution in [0.1, 0.15) is 25.8 Å². The molecule has 1 heterocycles. The molecule has 1 aromatic rings. The van der Waals surface area contributed by atoms with E-state index in [1.165, 1.54) is 0 Å². The standard InChI is InChI=1S/C16H22BrN3O2/c1-11(2)20-10-13(9-15(20)21)19-16(22)18-8-7-12-5-3-4-6-14(12)17/h3-6,11,13H,7-10H2,1-2H3,(H2,18,19,22). The second-order valence-corrected chi connectivity index (χ2v) is 6.64. The van der Waals surface area contributed by atoms with Crippen molar-refractivity contribution in [2.45, 2.75) is 38.8 Å². The molecule has 0 saturated carbocycles. The van der Waals surface area contributed by atoms with Crippen molar-refractivity contribution in [3.63, 3.8) is 0 Å². The first-order valence-corrected chi connectivity index (χ1v) is 8.34. The van der Waals surface area contributed by atoms with E-state index >= 15 is 0 Å². The third kappa shape index (κ3) is 4.47. The van der Waals surface area contributed by atoms with E-state index in [1.807, 2.05) is 38.1 Å². The number of hydrogen-bond acceptors (Lipinski definition) is 2. The molecule has 2 rings (SSSR count). The van der Waals surface area contributed by atoms with Crippen molar-refractivity contribution in [2.24, 2.45) is 0 Å². The normalized spacial score (nSPS) is 17.9. The van der Waals surface area contributed by atoms with Gasteiger partial charge in [0.25, 0.3) is 0 Å². The molecule has 120 valence electrons. The minimum atomic E-state index is -0.213. The smallest absolute Gasteiger partial charge is 0.315 e. The highest BCUT2D eigenvalue weighted by Crippen LogP contribution is 2.16. The molecule has 1 atom stereocenters. The average molecular weight is 368 g/mol. The predicted molar refractivity (Wildman–Crippen MR) is 89.6 cm³/mol. The fourth-order valence-corrected chi connectivity index (χ4v) is 3.06. The first-order chi connectivity index (χ1) is 10.5. The van der Waals surface area contributed by atoms with Crippen molar-refractivity contribution in [1.29, 1.82) is 0 Å². The SMILES string of the molecule is CC(C)N1CC(NC(=O)NCCc2ccccc2Br)CC1=O. The van der Waals surface area contributed by atoms with E-state index in [9.17, 15) is 9.59 Å². The van der Waals surface area contributed by atoms with Crippen LogP contribution < -0.4 is 10.6 Å². The number of rotatable bonds is 5. The van der Waals surface area contributed by atoms with E-state index in [-0.39, 0.29) is 24.0 Å². The Morgan fingerprint density at radius 2 is 2.14 bits per heavy atom. The van der Waals surface area contributed by atoms with Gasteiger partial charge in [-0.3, -0.25) is 4.79 Å². The molecule has 0 radical (unpaired) electrons. The van der Waals surface area contributed by atoms with Crippen LogP contribution in [0.25, 0.3) is 0 Å². The molecule has 1 unspecified atom stereocenters. The molecular formula is C16H22BrN3O2. The van der Waals surface area contributed by atoms with Crippen LogP contribution in [-0.2, 0) is 11.2 Å². The highest BCUT2D eigenvalue weighted by molar-refractivity contribution is 9.10. The van der Waals surface area contributed by atoms with Crippen molar-refractivity contribution in [3.8, 4) is 0 Å². The topological polar surface area (TPSA) is 61.4 Å². The molecule has 1 fully saturated rings. The highest BCUT2D eigenvalue weighted by Gasteiger charge is 2.31. The van der Waals surface area contributed by atoms with Crippen LogP contribution in [0.4, 0.5) is 4.79 Å². The lowest BCUT2D eigenvalue weighted by Crippen LogP contribution is -2.44. The number of nitrogens with one attached hydrogen (secondary N) is 2. The molecule has 0 aliphatic carbocycles. The molecule has 1 saturated heterocycles. The zero-order valence-electron chi connectivity index (χ0n) is 12.9. The lowest BCUT2D eigenvalue weighted by molar-refractivity contribution is -0.129. The van der Waals surface area contributed by atoms with Crippen LogP contribution in [0.15, 0.2) is 28.7 Å². The summed E-state index contributed by atoms with van der Waals surface area (Å²) < 4.78 is 1.05. The Labute approximate surface area is 139 Å².